The van der Waals surface area contributed by atoms with Crippen LogP contribution in [0, 0.1) is 0 Å². The molecule has 4 aromatic rings. The van der Waals surface area contributed by atoms with E-state index in [4.69, 9.17) is 4.74 Å². The Kier molecular flexibility index (Phi) is 2.91. The third-order valence-corrected chi connectivity index (χ3v) is 9.97. The summed E-state index contributed by atoms with van der Waals surface area (Å²) >= 11 is 0. The molecule has 0 aliphatic carbocycles. The summed E-state index contributed by atoms with van der Waals surface area (Å²) in [7, 11) is -1.74. The fourth-order valence-electron chi connectivity index (χ4n) is 5.09. The highest BCUT2D eigenvalue weighted by Gasteiger charge is 2.45. The second kappa shape index (κ2) is 5.14. The van der Waals surface area contributed by atoms with Crippen molar-refractivity contribution in [2.75, 3.05) is 0 Å². The maximum absolute atomic E-state index is 6.46. The Morgan fingerprint density at radius 1 is 0.667 bits per heavy atom. The largest absolute Gasteiger partial charge is 0.458 e. The number of hydrogen-bond donors (Lipinski definition) is 0. The second-order valence-corrected chi connectivity index (χ2v) is 12.5. The van der Waals surface area contributed by atoms with Crippen molar-refractivity contribution < 1.29 is 4.74 Å². The van der Waals surface area contributed by atoms with E-state index in [-0.39, 0.29) is 6.71 Å². The molecule has 0 radical (unpaired) electrons. The van der Waals surface area contributed by atoms with E-state index >= 15 is 0 Å². The summed E-state index contributed by atoms with van der Waals surface area (Å²) in [6.45, 7) is 5.20. The molecule has 0 atom stereocenters. The van der Waals surface area contributed by atoms with Crippen molar-refractivity contribution in [3.8, 4) is 11.5 Å². The Bertz CT molecular complexity index is 1240. The monoisotopic (exact) mass is 362 g/mol. The Morgan fingerprint density at radius 3 is 2.22 bits per heavy atom. The van der Waals surface area contributed by atoms with Crippen molar-refractivity contribution in [3.05, 3.63) is 78.9 Å². The molecular formula is C24H19BOSi. The van der Waals surface area contributed by atoms with Gasteiger partial charge in [0, 0.05) is 0 Å². The van der Waals surface area contributed by atoms with Crippen LogP contribution in [0.3, 0.4) is 0 Å². The first-order chi connectivity index (χ1) is 13.1. The SMILES string of the molecule is C[Si]1(C)c2ccccc2B2c3cc4ccccc4cc3Oc3cccc1c32. The van der Waals surface area contributed by atoms with Crippen LogP contribution < -0.4 is 31.5 Å². The van der Waals surface area contributed by atoms with Crippen LogP contribution in [0.15, 0.2) is 78.9 Å². The molecule has 0 saturated carbocycles. The van der Waals surface area contributed by atoms with Gasteiger partial charge in [0.05, 0.1) is 0 Å². The zero-order valence-corrected chi connectivity index (χ0v) is 16.5. The van der Waals surface area contributed by atoms with E-state index in [9.17, 15) is 0 Å². The minimum Gasteiger partial charge on any atom is -0.458 e. The molecule has 0 unspecified atom stereocenters. The zero-order chi connectivity index (χ0) is 18.2. The fraction of sp³-hybridized carbons (Fsp3) is 0.0833. The topological polar surface area (TPSA) is 9.23 Å². The van der Waals surface area contributed by atoms with E-state index < -0.39 is 8.07 Å². The molecule has 128 valence electrons. The lowest BCUT2D eigenvalue weighted by molar-refractivity contribution is 0.488. The van der Waals surface area contributed by atoms with Crippen molar-refractivity contribution in [2.24, 2.45) is 0 Å². The molecule has 0 fully saturated rings. The number of ether oxygens (including phenoxy) is 1. The molecule has 0 saturated heterocycles. The number of fused-ring (bicyclic) bond motifs is 5. The van der Waals surface area contributed by atoms with Gasteiger partial charge in [-0.25, -0.2) is 0 Å². The molecule has 0 bridgehead atoms. The highest BCUT2D eigenvalue weighted by Crippen LogP contribution is 2.29. The fourth-order valence-corrected chi connectivity index (χ4v) is 8.29. The van der Waals surface area contributed by atoms with Gasteiger partial charge >= 0.3 is 0 Å². The summed E-state index contributed by atoms with van der Waals surface area (Å²) in [5.74, 6) is 2.04. The normalized spacial score (nSPS) is 15.6. The lowest BCUT2D eigenvalue weighted by atomic mass is 9.35. The van der Waals surface area contributed by atoms with Gasteiger partial charge in [0.15, 0.2) is 0 Å². The predicted octanol–water partition coefficient (Wildman–Crippen LogP) is 2.60. The first kappa shape index (κ1) is 15.3. The first-order valence-corrected chi connectivity index (χ1v) is 12.6. The average molecular weight is 362 g/mol. The van der Waals surface area contributed by atoms with Crippen molar-refractivity contribution in [3.63, 3.8) is 0 Å². The molecule has 2 heterocycles. The third-order valence-electron chi connectivity index (χ3n) is 6.38. The predicted molar refractivity (Wildman–Crippen MR) is 118 cm³/mol. The summed E-state index contributed by atoms with van der Waals surface area (Å²) in [4.78, 5) is 0. The third kappa shape index (κ3) is 1.95. The average Bonchev–Trinajstić information content (AvgIpc) is 2.69. The molecule has 0 aromatic heterocycles. The van der Waals surface area contributed by atoms with Gasteiger partial charge in [-0.05, 0) is 33.8 Å². The molecule has 1 nitrogen and oxygen atoms in total. The van der Waals surface area contributed by atoms with E-state index in [2.05, 4.69) is 92.0 Å². The molecule has 2 aliphatic heterocycles. The molecule has 3 heteroatoms. The molecule has 6 rings (SSSR count). The smallest absolute Gasteiger partial charge is 0.250 e. The quantitative estimate of drug-likeness (QED) is 0.385. The number of hydrogen-bond acceptors (Lipinski definition) is 1. The van der Waals surface area contributed by atoms with Gasteiger partial charge in [0.2, 0.25) is 0 Å². The summed E-state index contributed by atoms with van der Waals surface area (Å²) in [6.07, 6.45) is 0. The van der Waals surface area contributed by atoms with Gasteiger partial charge in [-0.1, -0.05) is 95.7 Å². The van der Waals surface area contributed by atoms with Crippen LogP contribution in [0.2, 0.25) is 13.1 Å². The molecule has 0 amide bonds. The Balaban J connectivity index is 1.74. The van der Waals surface area contributed by atoms with Crippen molar-refractivity contribution in [1.29, 1.82) is 0 Å². The van der Waals surface area contributed by atoms with Crippen molar-refractivity contribution >= 4 is 52.3 Å². The van der Waals surface area contributed by atoms with Gasteiger partial charge in [-0.3, -0.25) is 0 Å². The molecule has 0 N–H and O–H groups in total. The Hall–Kier alpha value is -2.78. The van der Waals surface area contributed by atoms with Crippen LogP contribution in [-0.4, -0.2) is 14.8 Å². The van der Waals surface area contributed by atoms with Crippen LogP contribution in [0.4, 0.5) is 0 Å². The zero-order valence-electron chi connectivity index (χ0n) is 15.5. The summed E-state index contributed by atoms with van der Waals surface area (Å²) < 4.78 is 6.46. The van der Waals surface area contributed by atoms with E-state index in [0.29, 0.717) is 0 Å². The highest BCUT2D eigenvalue weighted by molar-refractivity contribution is 7.14. The lowest BCUT2D eigenvalue weighted by Gasteiger charge is -2.40. The van der Waals surface area contributed by atoms with E-state index in [1.807, 2.05) is 0 Å². The van der Waals surface area contributed by atoms with Gasteiger partial charge in [0.25, 0.3) is 6.71 Å². The summed E-state index contributed by atoms with van der Waals surface area (Å²) in [5.41, 5.74) is 4.16. The Morgan fingerprint density at radius 2 is 1.37 bits per heavy atom. The molecule has 0 spiro atoms. The van der Waals surface area contributed by atoms with Gasteiger partial charge in [0.1, 0.15) is 19.6 Å². The number of rotatable bonds is 0. The van der Waals surface area contributed by atoms with Crippen molar-refractivity contribution in [1.82, 2.24) is 0 Å². The lowest BCUT2D eigenvalue weighted by Crippen LogP contribution is -2.77. The van der Waals surface area contributed by atoms with Crippen LogP contribution >= 0.6 is 0 Å². The van der Waals surface area contributed by atoms with E-state index in [1.54, 1.807) is 5.19 Å². The maximum atomic E-state index is 6.46. The van der Waals surface area contributed by atoms with Crippen LogP contribution in [0.25, 0.3) is 10.8 Å². The van der Waals surface area contributed by atoms with Crippen LogP contribution in [0.5, 0.6) is 11.5 Å². The van der Waals surface area contributed by atoms with Crippen LogP contribution in [0.1, 0.15) is 0 Å². The minimum absolute atomic E-state index is 0.265. The molecular weight excluding hydrogens is 343 g/mol. The van der Waals surface area contributed by atoms with Gasteiger partial charge in [-0.15, -0.1) is 0 Å². The summed E-state index contributed by atoms with van der Waals surface area (Å²) in [6, 6.07) is 28.8. The number of benzene rings is 4. The molecule has 4 aromatic carbocycles. The highest BCUT2D eigenvalue weighted by atomic mass is 28.3. The van der Waals surface area contributed by atoms with E-state index in [1.165, 1.54) is 32.3 Å². The summed E-state index contributed by atoms with van der Waals surface area (Å²) in [5, 5.41) is 5.58. The van der Waals surface area contributed by atoms with Gasteiger partial charge in [-0.2, -0.15) is 0 Å². The first-order valence-electron chi connectivity index (χ1n) is 9.58. The second-order valence-electron chi connectivity index (χ2n) is 8.20. The van der Waals surface area contributed by atoms with Crippen LogP contribution in [-0.2, 0) is 0 Å². The molecule has 27 heavy (non-hydrogen) atoms. The maximum Gasteiger partial charge on any atom is 0.250 e. The standard InChI is InChI=1S/C24H19BOSi/c1-27(2)22-12-6-5-10-18(22)25-19-14-16-8-3-4-9-17(16)15-21(19)26-20-11-7-13-23(27)24(20)25/h3-15H,1-2H3. The van der Waals surface area contributed by atoms with Gasteiger partial charge < -0.3 is 4.74 Å². The van der Waals surface area contributed by atoms with Crippen molar-refractivity contribution in [2.45, 2.75) is 13.1 Å². The molecule has 2 aliphatic rings. The Labute approximate surface area is 160 Å². The minimum atomic E-state index is -1.74. The van der Waals surface area contributed by atoms with E-state index in [0.717, 1.165) is 11.5 Å².